The first-order chi connectivity index (χ1) is 8.60. The Labute approximate surface area is 109 Å². The van der Waals surface area contributed by atoms with Crippen LogP contribution in [0.5, 0.6) is 5.75 Å². The van der Waals surface area contributed by atoms with Crippen LogP contribution in [0.2, 0.25) is 0 Å². The molecule has 0 atom stereocenters. The number of benzene rings is 1. The maximum atomic E-state index is 11.0. The number of nitrogens with one attached hydrogen (secondary N) is 1. The van der Waals surface area contributed by atoms with Crippen molar-refractivity contribution in [3.05, 3.63) is 23.6 Å². The number of ether oxygens (including phenoxy) is 1. The molecule has 1 aromatic heterocycles. The number of rotatable bonds is 3. The van der Waals surface area contributed by atoms with Gasteiger partial charge in [0.25, 0.3) is 0 Å². The zero-order chi connectivity index (χ0) is 13.1. The average Bonchev–Trinajstić information content (AvgIpc) is 2.75. The first-order valence-corrected chi connectivity index (χ1v) is 6.15. The number of hydrogen-bond donors (Lipinski definition) is 2. The van der Waals surface area contributed by atoms with Gasteiger partial charge in [-0.15, -0.1) is 11.3 Å². The Morgan fingerprint density at radius 3 is 2.83 bits per heavy atom. The second-order valence-corrected chi connectivity index (χ2v) is 4.56. The van der Waals surface area contributed by atoms with Gasteiger partial charge in [0.05, 0.1) is 12.8 Å². The van der Waals surface area contributed by atoms with Gasteiger partial charge in [-0.05, 0) is 18.2 Å². The molecule has 0 aliphatic carbocycles. The second-order valence-electron chi connectivity index (χ2n) is 3.67. The molecule has 0 fully saturated rings. The van der Waals surface area contributed by atoms with Crippen molar-refractivity contribution in [1.82, 2.24) is 4.98 Å². The van der Waals surface area contributed by atoms with E-state index in [-0.39, 0.29) is 5.91 Å². The summed E-state index contributed by atoms with van der Waals surface area (Å²) in [7, 11) is 1.59. The quantitative estimate of drug-likeness (QED) is 0.891. The molecule has 0 saturated carbocycles. The van der Waals surface area contributed by atoms with Crippen LogP contribution >= 0.6 is 11.3 Å². The third kappa shape index (κ3) is 2.60. The van der Waals surface area contributed by atoms with Crippen molar-refractivity contribution in [2.24, 2.45) is 0 Å². The van der Waals surface area contributed by atoms with E-state index in [2.05, 4.69) is 10.3 Å². The molecular weight excluding hydrogens is 250 g/mol. The van der Waals surface area contributed by atoms with Crippen molar-refractivity contribution in [3.63, 3.8) is 0 Å². The number of aromatic nitrogens is 1. The molecule has 2 rings (SSSR count). The number of anilines is 2. The van der Waals surface area contributed by atoms with E-state index in [1.54, 1.807) is 19.2 Å². The Morgan fingerprint density at radius 1 is 1.50 bits per heavy atom. The van der Waals surface area contributed by atoms with Gasteiger partial charge in [-0.2, -0.15) is 0 Å². The van der Waals surface area contributed by atoms with Gasteiger partial charge in [0.15, 0.2) is 5.13 Å². The Balaban J connectivity index is 2.45. The molecule has 18 heavy (non-hydrogen) atoms. The lowest BCUT2D eigenvalue weighted by atomic mass is 10.1. The number of methoxy groups -OCH3 is 1. The first-order valence-electron chi connectivity index (χ1n) is 5.27. The molecule has 0 saturated heterocycles. The van der Waals surface area contributed by atoms with Crippen molar-refractivity contribution in [2.45, 2.75) is 6.92 Å². The molecule has 0 spiro atoms. The smallest absolute Gasteiger partial charge is 0.221 e. The van der Waals surface area contributed by atoms with Gasteiger partial charge in [0.1, 0.15) is 5.75 Å². The van der Waals surface area contributed by atoms with Gasteiger partial charge >= 0.3 is 0 Å². The highest BCUT2D eigenvalue weighted by molar-refractivity contribution is 7.13. The van der Waals surface area contributed by atoms with Crippen LogP contribution in [-0.4, -0.2) is 18.0 Å². The molecule has 0 unspecified atom stereocenters. The van der Waals surface area contributed by atoms with Gasteiger partial charge in [0, 0.05) is 23.6 Å². The number of nitrogens with two attached hydrogens (primary N) is 1. The fourth-order valence-corrected chi connectivity index (χ4v) is 2.16. The van der Waals surface area contributed by atoms with Gasteiger partial charge in [-0.3, -0.25) is 4.79 Å². The first kappa shape index (κ1) is 12.4. The number of nitrogens with zero attached hydrogens (tertiary/aromatic N) is 1. The van der Waals surface area contributed by atoms with E-state index in [9.17, 15) is 4.79 Å². The summed E-state index contributed by atoms with van der Waals surface area (Å²) in [6, 6.07) is 5.38. The number of amides is 1. The molecule has 0 aliphatic heterocycles. The molecule has 3 N–H and O–H groups in total. The Morgan fingerprint density at radius 2 is 2.28 bits per heavy atom. The predicted molar refractivity (Wildman–Crippen MR) is 72.8 cm³/mol. The molecule has 94 valence electrons. The molecule has 1 heterocycles. The van der Waals surface area contributed by atoms with Gasteiger partial charge in [-0.1, -0.05) is 0 Å². The zero-order valence-corrected chi connectivity index (χ0v) is 10.9. The fourth-order valence-electron chi connectivity index (χ4n) is 1.60. The maximum absolute atomic E-state index is 11.0. The SMILES string of the molecule is COc1ccc(NC(C)=O)cc1-c1csc(N)n1. The van der Waals surface area contributed by atoms with E-state index < -0.39 is 0 Å². The van der Waals surface area contributed by atoms with Crippen LogP contribution in [-0.2, 0) is 4.79 Å². The average molecular weight is 263 g/mol. The van der Waals surface area contributed by atoms with Crippen molar-refractivity contribution in [2.75, 3.05) is 18.2 Å². The van der Waals surface area contributed by atoms with E-state index in [1.807, 2.05) is 11.4 Å². The second kappa shape index (κ2) is 5.05. The lowest BCUT2D eigenvalue weighted by Gasteiger charge is -2.09. The lowest BCUT2D eigenvalue weighted by Crippen LogP contribution is -2.05. The van der Waals surface area contributed by atoms with Crippen LogP contribution in [0, 0.1) is 0 Å². The Kier molecular flexibility index (Phi) is 3.47. The van der Waals surface area contributed by atoms with Crippen LogP contribution in [0.1, 0.15) is 6.92 Å². The number of nitrogen functional groups attached to an aromatic ring is 1. The molecule has 0 aliphatic rings. The minimum Gasteiger partial charge on any atom is -0.496 e. The van der Waals surface area contributed by atoms with Gasteiger partial charge in [-0.25, -0.2) is 4.98 Å². The van der Waals surface area contributed by atoms with Crippen LogP contribution in [0.25, 0.3) is 11.3 Å². The third-order valence-electron chi connectivity index (χ3n) is 2.32. The monoisotopic (exact) mass is 263 g/mol. The summed E-state index contributed by atoms with van der Waals surface area (Å²) in [5.41, 5.74) is 7.86. The molecule has 5 nitrogen and oxygen atoms in total. The largest absolute Gasteiger partial charge is 0.496 e. The summed E-state index contributed by atoms with van der Waals surface area (Å²) >= 11 is 1.36. The van der Waals surface area contributed by atoms with Gasteiger partial charge < -0.3 is 15.8 Å². The molecular formula is C12H13N3O2S. The highest BCUT2D eigenvalue weighted by atomic mass is 32.1. The summed E-state index contributed by atoms with van der Waals surface area (Å²) in [4.78, 5) is 15.3. The number of thiazole rings is 1. The number of carbonyl (C=O) groups excluding carboxylic acids is 1. The fraction of sp³-hybridized carbons (Fsp3) is 0.167. The topological polar surface area (TPSA) is 77.2 Å². The van der Waals surface area contributed by atoms with Crippen LogP contribution in [0.3, 0.4) is 0 Å². The van der Waals surface area contributed by atoms with Crippen LogP contribution in [0.15, 0.2) is 23.6 Å². The predicted octanol–water partition coefficient (Wildman–Crippen LogP) is 2.36. The molecule has 0 bridgehead atoms. The van der Waals surface area contributed by atoms with Crippen molar-refractivity contribution < 1.29 is 9.53 Å². The van der Waals surface area contributed by atoms with E-state index in [0.717, 1.165) is 11.3 Å². The molecule has 2 aromatic rings. The summed E-state index contributed by atoms with van der Waals surface area (Å²) in [5, 5.41) is 5.07. The molecule has 1 aromatic carbocycles. The molecule has 0 radical (unpaired) electrons. The van der Waals surface area contributed by atoms with E-state index in [4.69, 9.17) is 10.5 Å². The van der Waals surface area contributed by atoms with Crippen molar-refractivity contribution in [3.8, 4) is 17.0 Å². The van der Waals surface area contributed by atoms with E-state index >= 15 is 0 Å². The maximum Gasteiger partial charge on any atom is 0.221 e. The highest BCUT2D eigenvalue weighted by Gasteiger charge is 2.10. The summed E-state index contributed by atoms with van der Waals surface area (Å²) < 4.78 is 5.28. The Hall–Kier alpha value is -2.08. The summed E-state index contributed by atoms with van der Waals surface area (Å²) in [6.45, 7) is 1.46. The number of carbonyl (C=O) groups is 1. The number of hydrogen-bond acceptors (Lipinski definition) is 5. The minimum atomic E-state index is -0.121. The minimum absolute atomic E-state index is 0.121. The third-order valence-corrected chi connectivity index (χ3v) is 2.99. The van der Waals surface area contributed by atoms with Crippen LogP contribution < -0.4 is 15.8 Å². The van der Waals surface area contributed by atoms with Crippen molar-refractivity contribution >= 4 is 28.1 Å². The normalized spacial score (nSPS) is 10.1. The lowest BCUT2D eigenvalue weighted by molar-refractivity contribution is -0.114. The van der Waals surface area contributed by atoms with Crippen molar-refractivity contribution in [1.29, 1.82) is 0 Å². The van der Waals surface area contributed by atoms with Gasteiger partial charge in [0.2, 0.25) is 5.91 Å². The summed E-state index contributed by atoms with van der Waals surface area (Å²) in [5.74, 6) is 0.568. The van der Waals surface area contributed by atoms with E-state index in [1.165, 1.54) is 18.3 Å². The highest BCUT2D eigenvalue weighted by Crippen LogP contribution is 2.33. The van der Waals surface area contributed by atoms with Crippen LogP contribution in [0.4, 0.5) is 10.8 Å². The van der Waals surface area contributed by atoms with E-state index in [0.29, 0.717) is 16.6 Å². The zero-order valence-electron chi connectivity index (χ0n) is 10.1. The standard InChI is InChI=1S/C12H13N3O2S/c1-7(16)14-8-3-4-11(17-2)9(5-8)10-6-18-12(13)15-10/h3-6H,1-2H3,(H2,13,15)(H,14,16). The molecule has 1 amide bonds. The summed E-state index contributed by atoms with van der Waals surface area (Å²) in [6.07, 6.45) is 0. The molecule has 6 heteroatoms. The Bertz CT molecular complexity index is 580.